The zero-order valence-electron chi connectivity index (χ0n) is 10.2. The summed E-state index contributed by atoms with van der Waals surface area (Å²) in [7, 11) is 0. The summed E-state index contributed by atoms with van der Waals surface area (Å²) in [5.74, 6) is -0.00811. The van der Waals surface area contributed by atoms with Gasteiger partial charge >= 0.3 is 0 Å². The van der Waals surface area contributed by atoms with Crippen molar-refractivity contribution in [2.75, 3.05) is 19.8 Å². The molecule has 0 saturated carbocycles. The van der Waals surface area contributed by atoms with Crippen LogP contribution in [-0.4, -0.2) is 30.8 Å². The normalized spacial score (nSPS) is 12.3. The van der Waals surface area contributed by atoms with Crippen LogP contribution in [0.4, 0.5) is 0 Å². The Hall–Kier alpha value is -1.63. The van der Waals surface area contributed by atoms with E-state index in [0.29, 0.717) is 6.54 Å². The summed E-state index contributed by atoms with van der Waals surface area (Å²) in [6, 6.07) is 7.12. The predicted molar refractivity (Wildman–Crippen MR) is 71.1 cm³/mol. The Kier molecular flexibility index (Phi) is 5.14. The SMILES string of the molecule is O=C(NCC(OCCO)c1cccs1)c1ccco1. The number of aliphatic hydroxyl groups excluding tert-OH is 1. The van der Waals surface area contributed by atoms with Crippen LogP contribution in [0.1, 0.15) is 21.5 Å². The summed E-state index contributed by atoms with van der Waals surface area (Å²) < 4.78 is 10.5. The topological polar surface area (TPSA) is 71.7 Å². The second-order valence-electron chi connectivity index (χ2n) is 3.79. The summed E-state index contributed by atoms with van der Waals surface area (Å²) in [6.45, 7) is 0.521. The fourth-order valence-corrected chi connectivity index (χ4v) is 2.37. The van der Waals surface area contributed by atoms with Gasteiger partial charge in [-0.2, -0.15) is 0 Å². The molecule has 2 aromatic rings. The van der Waals surface area contributed by atoms with Gasteiger partial charge in [-0.05, 0) is 23.6 Å². The van der Waals surface area contributed by atoms with E-state index in [9.17, 15) is 4.79 Å². The van der Waals surface area contributed by atoms with Crippen molar-refractivity contribution >= 4 is 17.2 Å². The second kappa shape index (κ2) is 7.08. The van der Waals surface area contributed by atoms with E-state index >= 15 is 0 Å². The van der Waals surface area contributed by atoms with Crippen molar-refractivity contribution in [3.8, 4) is 0 Å². The summed E-state index contributed by atoms with van der Waals surface area (Å²) >= 11 is 1.55. The van der Waals surface area contributed by atoms with Gasteiger partial charge < -0.3 is 19.6 Å². The van der Waals surface area contributed by atoms with E-state index in [1.165, 1.54) is 6.26 Å². The maximum absolute atomic E-state index is 11.7. The molecular weight excluding hydrogens is 266 g/mol. The second-order valence-corrected chi connectivity index (χ2v) is 4.77. The summed E-state index contributed by atoms with van der Waals surface area (Å²) in [6.07, 6.45) is 1.19. The maximum atomic E-state index is 11.7. The van der Waals surface area contributed by atoms with Gasteiger partial charge in [-0.15, -0.1) is 11.3 Å². The standard InChI is InChI=1S/C13H15NO4S/c15-5-7-18-11(12-4-2-8-19-12)9-14-13(16)10-3-1-6-17-10/h1-4,6,8,11,15H,5,7,9H2,(H,14,16). The highest BCUT2D eigenvalue weighted by atomic mass is 32.1. The lowest BCUT2D eigenvalue weighted by Gasteiger charge is -2.16. The molecule has 0 radical (unpaired) electrons. The Labute approximate surface area is 114 Å². The highest BCUT2D eigenvalue weighted by molar-refractivity contribution is 7.10. The smallest absolute Gasteiger partial charge is 0.287 e. The average molecular weight is 281 g/mol. The van der Waals surface area contributed by atoms with Gasteiger partial charge in [-0.3, -0.25) is 4.79 Å². The van der Waals surface area contributed by atoms with Crippen LogP contribution in [-0.2, 0) is 4.74 Å². The first-order chi connectivity index (χ1) is 9.31. The molecule has 1 atom stereocenters. The molecule has 2 heterocycles. The molecule has 6 heteroatoms. The molecule has 0 bridgehead atoms. The molecule has 2 N–H and O–H groups in total. The van der Waals surface area contributed by atoms with Crippen LogP contribution in [0.3, 0.4) is 0 Å². The van der Waals surface area contributed by atoms with E-state index in [2.05, 4.69) is 5.32 Å². The van der Waals surface area contributed by atoms with Gasteiger partial charge in [0.1, 0.15) is 6.10 Å². The minimum absolute atomic E-state index is 0.0476. The molecule has 0 aliphatic rings. The lowest BCUT2D eigenvalue weighted by Crippen LogP contribution is -2.29. The van der Waals surface area contributed by atoms with Gasteiger partial charge in [0.15, 0.2) is 5.76 Å². The first-order valence-electron chi connectivity index (χ1n) is 5.89. The number of carbonyl (C=O) groups excluding carboxylic acids is 1. The molecule has 5 nitrogen and oxygen atoms in total. The molecule has 0 aromatic carbocycles. The van der Waals surface area contributed by atoms with Gasteiger partial charge in [-0.1, -0.05) is 6.07 Å². The van der Waals surface area contributed by atoms with Crippen LogP contribution >= 0.6 is 11.3 Å². The lowest BCUT2D eigenvalue weighted by molar-refractivity contribution is 0.0293. The molecule has 2 rings (SSSR count). The number of thiophene rings is 1. The molecule has 0 spiro atoms. The number of amides is 1. The quantitative estimate of drug-likeness (QED) is 0.812. The van der Waals surface area contributed by atoms with Crippen molar-refractivity contribution in [3.05, 3.63) is 46.5 Å². The van der Waals surface area contributed by atoms with Gasteiger partial charge in [0.2, 0.25) is 0 Å². The third kappa shape index (κ3) is 3.92. The zero-order valence-corrected chi connectivity index (χ0v) is 11.1. The van der Waals surface area contributed by atoms with E-state index in [1.54, 1.807) is 23.5 Å². The van der Waals surface area contributed by atoms with Gasteiger partial charge in [0.05, 0.1) is 19.5 Å². The molecule has 0 saturated heterocycles. The largest absolute Gasteiger partial charge is 0.459 e. The minimum atomic E-state index is -0.279. The number of ether oxygens (including phenoxy) is 1. The molecule has 0 aliphatic heterocycles. The zero-order chi connectivity index (χ0) is 13.5. The van der Waals surface area contributed by atoms with E-state index in [1.807, 2.05) is 17.5 Å². The summed E-state index contributed by atoms with van der Waals surface area (Å²) in [5.41, 5.74) is 0. The van der Waals surface area contributed by atoms with Crippen molar-refractivity contribution in [2.24, 2.45) is 0 Å². The highest BCUT2D eigenvalue weighted by Crippen LogP contribution is 2.21. The minimum Gasteiger partial charge on any atom is -0.459 e. The molecule has 0 fully saturated rings. The molecule has 0 aliphatic carbocycles. The van der Waals surface area contributed by atoms with Crippen molar-refractivity contribution in [1.82, 2.24) is 5.32 Å². The number of hydrogen-bond donors (Lipinski definition) is 2. The molecular formula is C13H15NO4S. The Balaban J connectivity index is 1.91. The molecule has 1 unspecified atom stereocenters. The third-order valence-corrected chi connectivity index (χ3v) is 3.43. The van der Waals surface area contributed by atoms with E-state index in [4.69, 9.17) is 14.3 Å². The average Bonchev–Trinajstić information content (AvgIpc) is 3.11. The molecule has 1 amide bonds. The van der Waals surface area contributed by atoms with Gasteiger partial charge in [0, 0.05) is 11.4 Å². The van der Waals surface area contributed by atoms with Crippen molar-refractivity contribution in [1.29, 1.82) is 0 Å². The first kappa shape index (κ1) is 13.8. The number of rotatable bonds is 7. The van der Waals surface area contributed by atoms with Crippen LogP contribution in [0, 0.1) is 0 Å². The summed E-state index contributed by atoms with van der Waals surface area (Å²) in [4.78, 5) is 12.8. The van der Waals surface area contributed by atoms with Crippen molar-refractivity contribution < 1.29 is 19.1 Å². The maximum Gasteiger partial charge on any atom is 0.287 e. The van der Waals surface area contributed by atoms with Crippen LogP contribution in [0.2, 0.25) is 0 Å². The Morgan fingerprint density at radius 2 is 2.37 bits per heavy atom. The molecule has 102 valence electrons. The van der Waals surface area contributed by atoms with Crippen molar-refractivity contribution in [2.45, 2.75) is 6.10 Å². The third-order valence-electron chi connectivity index (χ3n) is 2.46. The van der Waals surface area contributed by atoms with Gasteiger partial charge in [-0.25, -0.2) is 0 Å². The Bertz CT molecular complexity index is 481. The van der Waals surface area contributed by atoms with Crippen LogP contribution in [0.15, 0.2) is 40.3 Å². The lowest BCUT2D eigenvalue weighted by atomic mass is 10.3. The monoisotopic (exact) mass is 281 g/mol. The van der Waals surface area contributed by atoms with Crippen LogP contribution in [0.5, 0.6) is 0 Å². The Morgan fingerprint density at radius 3 is 3.00 bits per heavy atom. The molecule has 19 heavy (non-hydrogen) atoms. The van der Waals surface area contributed by atoms with Crippen molar-refractivity contribution in [3.63, 3.8) is 0 Å². The van der Waals surface area contributed by atoms with E-state index < -0.39 is 0 Å². The number of carbonyl (C=O) groups is 1. The summed E-state index contributed by atoms with van der Waals surface area (Å²) in [5, 5.41) is 13.5. The highest BCUT2D eigenvalue weighted by Gasteiger charge is 2.16. The predicted octanol–water partition coefficient (Wildman–Crippen LogP) is 1.82. The van der Waals surface area contributed by atoms with Gasteiger partial charge in [0.25, 0.3) is 5.91 Å². The fraction of sp³-hybridized carbons (Fsp3) is 0.308. The Morgan fingerprint density at radius 1 is 1.47 bits per heavy atom. The number of hydrogen-bond acceptors (Lipinski definition) is 5. The number of aliphatic hydroxyl groups is 1. The number of nitrogens with one attached hydrogen (secondary N) is 1. The molecule has 2 aromatic heterocycles. The fourth-order valence-electron chi connectivity index (χ4n) is 1.59. The van der Waals surface area contributed by atoms with Crippen LogP contribution in [0.25, 0.3) is 0 Å². The van der Waals surface area contributed by atoms with E-state index in [0.717, 1.165) is 4.88 Å². The van der Waals surface area contributed by atoms with E-state index in [-0.39, 0.29) is 31.0 Å². The number of furan rings is 1. The first-order valence-corrected chi connectivity index (χ1v) is 6.77. The van der Waals surface area contributed by atoms with Crippen LogP contribution < -0.4 is 5.32 Å².